The lowest BCUT2D eigenvalue weighted by Gasteiger charge is -2.15. The number of rotatable bonds is 22. The summed E-state index contributed by atoms with van der Waals surface area (Å²) in [4.78, 5) is 75.7. The van der Waals surface area contributed by atoms with E-state index in [4.69, 9.17) is 23.4 Å². The Morgan fingerprint density at radius 1 is 0.947 bits per heavy atom. The van der Waals surface area contributed by atoms with Crippen LogP contribution < -0.4 is 21.5 Å². The van der Waals surface area contributed by atoms with E-state index in [0.717, 1.165) is 12.1 Å². The molecule has 1 unspecified atom stereocenters. The molecule has 2 aromatic carbocycles. The summed E-state index contributed by atoms with van der Waals surface area (Å²) in [7, 11) is -1.49. The maximum atomic E-state index is 13.6. The van der Waals surface area contributed by atoms with Crippen molar-refractivity contribution in [2.75, 3.05) is 37.1 Å². The van der Waals surface area contributed by atoms with Crippen LogP contribution in [0.2, 0.25) is 0 Å². The Bertz CT molecular complexity index is 2080. The van der Waals surface area contributed by atoms with Crippen LogP contribution in [0.1, 0.15) is 71.5 Å². The lowest BCUT2D eigenvalue weighted by Crippen LogP contribution is -2.41. The first-order chi connectivity index (χ1) is 27.2. The van der Waals surface area contributed by atoms with E-state index in [-0.39, 0.29) is 60.1 Å². The molecule has 4 aromatic rings. The number of nitrogens with zero attached hydrogens (tertiary/aromatic N) is 3. The molecule has 4 rings (SSSR count). The molecule has 0 spiro atoms. The summed E-state index contributed by atoms with van der Waals surface area (Å²) >= 11 is 0. The molecule has 0 aliphatic rings. The first-order valence-electron chi connectivity index (χ1n) is 17.4. The smallest absolute Gasteiger partial charge is 0.416 e. The lowest BCUT2D eigenvalue weighted by molar-refractivity contribution is -0.141. The number of amides is 1. The fraction of sp³-hybridized carbons (Fsp3) is 0.371. The van der Waals surface area contributed by atoms with Gasteiger partial charge in [0.15, 0.2) is 11.2 Å². The molecule has 57 heavy (non-hydrogen) atoms. The zero-order valence-electron chi connectivity index (χ0n) is 30.6. The molecular formula is C35H39F3N7O11P. The normalized spacial score (nSPS) is 12.0. The number of unbranched alkanes of at least 4 members (excludes halogenated alkanes) is 1. The Hall–Kier alpha value is -5.76. The summed E-state index contributed by atoms with van der Waals surface area (Å²) in [6.45, 7) is 4.69. The van der Waals surface area contributed by atoms with Gasteiger partial charge in [0, 0.05) is 17.7 Å². The third-order valence-corrected chi connectivity index (χ3v) is 8.93. The number of fused-ring (bicyclic) bond motifs is 1. The number of benzene rings is 2. The molecule has 306 valence electrons. The minimum atomic E-state index is -4.76. The van der Waals surface area contributed by atoms with Crippen LogP contribution in [-0.4, -0.2) is 86.4 Å². The summed E-state index contributed by atoms with van der Waals surface area (Å²) < 4.78 is 62.4. The second-order valence-corrected chi connectivity index (χ2v) is 13.0. The van der Waals surface area contributed by atoms with E-state index < -0.39 is 62.2 Å². The Labute approximate surface area is 323 Å². The lowest BCUT2D eigenvalue weighted by atomic mass is 10.1. The molecule has 6 N–H and O–H groups in total. The van der Waals surface area contributed by atoms with Gasteiger partial charge in [0.05, 0.1) is 61.7 Å². The van der Waals surface area contributed by atoms with Crippen LogP contribution >= 0.6 is 8.60 Å². The predicted molar refractivity (Wildman–Crippen MR) is 198 cm³/mol. The van der Waals surface area contributed by atoms with Crippen molar-refractivity contribution in [2.24, 2.45) is 0 Å². The Kier molecular flexibility index (Phi) is 16.2. The van der Waals surface area contributed by atoms with E-state index in [0.29, 0.717) is 43.5 Å². The van der Waals surface area contributed by atoms with Crippen LogP contribution in [0.15, 0.2) is 53.5 Å². The van der Waals surface area contributed by atoms with Crippen LogP contribution in [-0.2, 0) is 40.6 Å². The highest BCUT2D eigenvalue weighted by molar-refractivity contribution is 7.41. The number of esters is 1. The van der Waals surface area contributed by atoms with Crippen molar-refractivity contribution in [3.63, 3.8) is 0 Å². The second kappa shape index (κ2) is 21.0. The molecule has 18 nitrogen and oxygen atoms in total. The van der Waals surface area contributed by atoms with Gasteiger partial charge in [-0.25, -0.2) is 19.6 Å². The zero-order chi connectivity index (χ0) is 41.5. The third-order valence-electron chi connectivity index (χ3n) is 7.60. The van der Waals surface area contributed by atoms with Gasteiger partial charge in [-0.1, -0.05) is 0 Å². The zero-order valence-corrected chi connectivity index (χ0v) is 31.4. The van der Waals surface area contributed by atoms with Crippen LogP contribution in [0.3, 0.4) is 0 Å². The number of aliphatic carboxylic acids is 2. The topological polar surface area (TPSA) is 253 Å². The number of hydrogen-bond acceptors (Lipinski definition) is 14. The molecule has 0 bridgehead atoms. The fourth-order valence-corrected chi connectivity index (χ4v) is 5.76. The van der Waals surface area contributed by atoms with Crippen molar-refractivity contribution >= 4 is 60.9 Å². The molecule has 0 saturated carbocycles. The number of alkyl halides is 3. The molecule has 22 heteroatoms. The minimum Gasteiger partial charge on any atom is -0.481 e. The van der Waals surface area contributed by atoms with Gasteiger partial charge in [-0.05, 0) is 75.6 Å². The molecule has 1 atom stereocenters. The van der Waals surface area contributed by atoms with E-state index in [1.807, 2.05) is 0 Å². The molecular weight excluding hydrogens is 782 g/mol. The highest BCUT2D eigenvalue weighted by Gasteiger charge is 2.32. The first-order valence-corrected chi connectivity index (χ1v) is 18.5. The first kappa shape index (κ1) is 44.0. The molecule has 2 heterocycles. The van der Waals surface area contributed by atoms with E-state index in [9.17, 15) is 42.3 Å². The monoisotopic (exact) mass is 821 g/mol. The van der Waals surface area contributed by atoms with Crippen molar-refractivity contribution in [1.29, 1.82) is 0 Å². The summed E-state index contributed by atoms with van der Waals surface area (Å²) in [5, 5.41) is 26.0. The number of carbonyl (C=O) groups is 4. The van der Waals surface area contributed by atoms with E-state index in [1.54, 1.807) is 13.8 Å². The number of ether oxygens (including phenoxy) is 1. The molecule has 0 fully saturated rings. The van der Waals surface area contributed by atoms with Crippen molar-refractivity contribution in [1.82, 2.24) is 25.3 Å². The maximum absolute atomic E-state index is 13.6. The van der Waals surface area contributed by atoms with Crippen molar-refractivity contribution in [3.05, 3.63) is 81.4 Å². The average molecular weight is 822 g/mol. The Morgan fingerprint density at radius 3 is 2.30 bits per heavy atom. The molecule has 0 saturated heterocycles. The van der Waals surface area contributed by atoms with E-state index >= 15 is 0 Å². The van der Waals surface area contributed by atoms with Gasteiger partial charge in [0.25, 0.3) is 11.5 Å². The summed E-state index contributed by atoms with van der Waals surface area (Å²) in [6.07, 6.45) is -3.32. The van der Waals surface area contributed by atoms with Crippen LogP contribution in [0.25, 0.3) is 11.2 Å². The van der Waals surface area contributed by atoms with Crippen molar-refractivity contribution < 1.29 is 60.9 Å². The Balaban J connectivity index is 1.40. The average Bonchev–Trinajstić information content (AvgIpc) is 3.16. The number of halogens is 3. The summed E-state index contributed by atoms with van der Waals surface area (Å²) in [6, 6.07) is 6.87. The molecule has 0 radical (unpaired) electrons. The van der Waals surface area contributed by atoms with Crippen LogP contribution in [0.4, 0.5) is 30.5 Å². The number of carboxylic acid groups (broad SMARTS) is 2. The number of anilines is 3. The van der Waals surface area contributed by atoms with Crippen molar-refractivity contribution in [2.45, 2.75) is 58.3 Å². The van der Waals surface area contributed by atoms with Crippen LogP contribution in [0, 0.1) is 0 Å². The van der Waals surface area contributed by atoms with Crippen LogP contribution in [0.5, 0.6) is 0 Å². The highest BCUT2D eigenvalue weighted by atomic mass is 31.2. The number of aromatic nitrogens is 4. The van der Waals surface area contributed by atoms with E-state index in [1.165, 1.54) is 30.5 Å². The van der Waals surface area contributed by atoms with Gasteiger partial charge in [-0.15, -0.1) is 0 Å². The quantitative estimate of drug-likeness (QED) is 0.0330. The molecule has 0 aliphatic heterocycles. The maximum Gasteiger partial charge on any atom is 0.416 e. The van der Waals surface area contributed by atoms with Gasteiger partial charge in [-0.3, -0.25) is 19.4 Å². The van der Waals surface area contributed by atoms with Crippen molar-refractivity contribution in [3.8, 4) is 0 Å². The summed E-state index contributed by atoms with van der Waals surface area (Å²) in [5.41, 5.74) is -1.86. The second-order valence-electron chi connectivity index (χ2n) is 11.8. The number of H-pyrrole nitrogens is 1. The standard InChI is InChI=1S/C35H39F3N7O11P/c1-3-54-57(55-4-2)56-16-6-5-15-53-33(52)24-12-9-21(35(36,37)38)17-26(24)43-34-44-29-28(31(49)45-34)41-23(19-40-29)18-39-22-10-7-20(8-11-22)30(48)42-25(32(50)51)13-14-27(46)47/h7-12,17,19,25,39H,3-6,13-16,18H2,1-2H3,(H,42,48)(H,46,47)(H,50,51)(H2,40,43,44,45,49). The number of nitrogens with one attached hydrogen (secondary N) is 4. The van der Waals surface area contributed by atoms with E-state index in [2.05, 4.69) is 35.9 Å². The highest BCUT2D eigenvalue weighted by Crippen LogP contribution is 2.39. The third kappa shape index (κ3) is 13.4. The molecule has 0 aliphatic carbocycles. The van der Waals surface area contributed by atoms with Gasteiger partial charge in [0.1, 0.15) is 6.04 Å². The largest absolute Gasteiger partial charge is 0.481 e. The number of carbonyl (C=O) groups excluding carboxylic acids is 2. The molecule has 1 amide bonds. The van der Waals surface area contributed by atoms with Gasteiger partial charge in [-0.2, -0.15) is 18.2 Å². The Morgan fingerprint density at radius 2 is 1.65 bits per heavy atom. The number of aromatic amines is 1. The number of carboxylic acids is 2. The number of hydrogen-bond donors (Lipinski definition) is 6. The minimum absolute atomic E-state index is 0.0504. The fourth-order valence-electron chi connectivity index (χ4n) is 4.84. The molecule has 2 aromatic heterocycles. The predicted octanol–water partition coefficient (Wildman–Crippen LogP) is 5.39. The van der Waals surface area contributed by atoms with Gasteiger partial charge >= 0.3 is 32.7 Å². The SMILES string of the molecule is CCOP(OCC)OCCCCOC(=O)c1ccc(C(F)(F)F)cc1Nc1nc2ncc(CNc3ccc(C(=O)NC(CCC(=O)O)C(=O)O)cc3)nc2c(=O)[nH]1. The summed E-state index contributed by atoms with van der Waals surface area (Å²) in [5.74, 6) is -4.53. The van der Waals surface area contributed by atoms with Gasteiger partial charge < -0.3 is 44.5 Å². The van der Waals surface area contributed by atoms with Gasteiger partial charge in [0.2, 0.25) is 5.95 Å².